The van der Waals surface area contributed by atoms with Crippen molar-refractivity contribution >= 4 is 12.4 Å². The van der Waals surface area contributed by atoms with Crippen molar-refractivity contribution < 1.29 is 9.47 Å². The lowest BCUT2D eigenvalue weighted by Crippen LogP contribution is -2.52. The number of hydrogen-bond acceptors (Lipinski definition) is 3. The maximum atomic E-state index is 6.55. The molecular weight excluding hydrogens is 358 g/mol. The Balaban J connectivity index is 0.00000210. The summed E-state index contributed by atoms with van der Waals surface area (Å²) in [4.78, 5) is 2.58. The van der Waals surface area contributed by atoms with Crippen LogP contribution in [0.25, 0.3) is 0 Å². The number of rotatable bonds is 4. The first kappa shape index (κ1) is 20.3. The predicted molar refractivity (Wildman–Crippen MR) is 111 cm³/mol. The molecule has 0 aliphatic carbocycles. The third kappa shape index (κ3) is 4.38. The van der Waals surface area contributed by atoms with Crippen LogP contribution in [0.3, 0.4) is 0 Å². The maximum Gasteiger partial charge on any atom is 0.222 e. The van der Waals surface area contributed by atoms with Crippen molar-refractivity contribution in [1.82, 2.24) is 4.90 Å². The highest BCUT2D eigenvalue weighted by atomic mass is 35.5. The van der Waals surface area contributed by atoms with Crippen molar-refractivity contribution in [2.24, 2.45) is 5.41 Å². The smallest absolute Gasteiger partial charge is 0.222 e. The molecule has 2 saturated heterocycles. The molecular formula is C23H30ClNO2. The monoisotopic (exact) mass is 387 g/mol. The Labute approximate surface area is 169 Å². The van der Waals surface area contributed by atoms with E-state index < -0.39 is 5.79 Å². The van der Waals surface area contributed by atoms with Gasteiger partial charge in [0, 0.05) is 23.1 Å². The molecule has 0 saturated carbocycles. The number of halogens is 1. The third-order valence-electron chi connectivity index (χ3n) is 5.61. The van der Waals surface area contributed by atoms with Crippen molar-refractivity contribution in [3.8, 4) is 0 Å². The zero-order valence-corrected chi connectivity index (χ0v) is 16.9. The molecule has 0 radical (unpaired) electrons. The number of nitrogens with zero attached hydrogens (tertiary/aromatic N) is 1. The van der Waals surface area contributed by atoms with Crippen molar-refractivity contribution in [3.05, 3.63) is 71.8 Å². The highest BCUT2D eigenvalue weighted by Crippen LogP contribution is 2.42. The largest absolute Gasteiger partial charge is 0.341 e. The Hall–Kier alpha value is -1.39. The number of benzene rings is 2. The van der Waals surface area contributed by atoms with E-state index in [1.54, 1.807) is 0 Å². The van der Waals surface area contributed by atoms with E-state index in [1.807, 2.05) is 36.4 Å². The first-order valence-corrected chi connectivity index (χ1v) is 9.82. The minimum atomic E-state index is -0.802. The van der Waals surface area contributed by atoms with Crippen molar-refractivity contribution in [1.29, 1.82) is 0 Å². The molecule has 0 amide bonds. The summed E-state index contributed by atoms with van der Waals surface area (Å²) in [5.74, 6) is -0.802. The molecule has 2 heterocycles. The molecule has 0 atom stereocenters. The SMILES string of the molecule is CC1(CN2CCCCC2)COC(c2ccccc2)(c2ccccc2)OC1.Cl. The Morgan fingerprint density at radius 1 is 0.778 bits per heavy atom. The number of likely N-dealkylation sites (tertiary alicyclic amines) is 1. The zero-order valence-electron chi connectivity index (χ0n) is 16.1. The molecule has 4 heteroatoms. The van der Waals surface area contributed by atoms with E-state index >= 15 is 0 Å². The van der Waals surface area contributed by atoms with Gasteiger partial charge in [-0.15, -0.1) is 12.4 Å². The average molecular weight is 388 g/mol. The van der Waals surface area contributed by atoms with Crippen LogP contribution < -0.4 is 0 Å². The Bertz CT molecular complexity index is 651. The van der Waals surface area contributed by atoms with Gasteiger partial charge in [0.05, 0.1) is 13.2 Å². The Kier molecular flexibility index (Phi) is 6.59. The van der Waals surface area contributed by atoms with E-state index in [4.69, 9.17) is 9.47 Å². The maximum absolute atomic E-state index is 6.55. The zero-order chi connectivity index (χ0) is 17.9. The van der Waals surface area contributed by atoms with E-state index in [2.05, 4.69) is 36.1 Å². The average Bonchev–Trinajstić information content (AvgIpc) is 2.71. The highest BCUT2D eigenvalue weighted by molar-refractivity contribution is 5.85. The summed E-state index contributed by atoms with van der Waals surface area (Å²) in [6.45, 7) is 7.16. The van der Waals surface area contributed by atoms with Crippen molar-refractivity contribution in [3.63, 3.8) is 0 Å². The summed E-state index contributed by atoms with van der Waals surface area (Å²) in [5, 5.41) is 0. The van der Waals surface area contributed by atoms with E-state index in [0.29, 0.717) is 13.2 Å². The molecule has 2 fully saturated rings. The summed E-state index contributed by atoms with van der Waals surface area (Å²) in [6, 6.07) is 20.7. The number of hydrogen-bond donors (Lipinski definition) is 0. The lowest BCUT2D eigenvalue weighted by Gasteiger charge is -2.47. The molecule has 2 aromatic carbocycles. The lowest BCUT2D eigenvalue weighted by atomic mass is 9.87. The van der Waals surface area contributed by atoms with Crippen molar-refractivity contribution in [2.75, 3.05) is 32.8 Å². The van der Waals surface area contributed by atoms with Gasteiger partial charge in [0.15, 0.2) is 0 Å². The summed E-state index contributed by atoms with van der Waals surface area (Å²) in [6.07, 6.45) is 4.00. The second-order valence-electron chi connectivity index (χ2n) is 8.07. The van der Waals surface area contributed by atoms with Crippen molar-refractivity contribution in [2.45, 2.75) is 32.0 Å². The van der Waals surface area contributed by atoms with Crippen LogP contribution in [0.2, 0.25) is 0 Å². The minimum Gasteiger partial charge on any atom is -0.341 e. The first-order valence-electron chi connectivity index (χ1n) is 9.82. The number of ether oxygens (including phenoxy) is 2. The normalized spacial score (nSPS) is 22.0. The Morgan fingerprint density at radius 2 is 1.26 bits per heavy atom. The molecule has 146 valence electrons. The van der Waals surface area contributed by atoms with Gasteiger partial charge in [-0.1, -0.05) is 74.0 Å². The Morgan fingerprint density at radius 3 is 1.74 bits per heavy atom. The van der Waals surface area contributed by atoms with Crippen LogP contribution in [0.1, 0.15) is 37.3 Å². The van der Waals surface area contributed by atoms with Crippen LogP contribution in [0, 0.1) is 5.41 Å². The van der Waals surface area contributed by atoms with Gasteiger partial charge in [-0.3, -0.25) is 0 Å². The van der Waals surface area contributed by atoms with E-state index in [9.17, 15) is 0 Å². The summed E-state index contributed by atoms with van der Waals surface area (Å²) in [7, 11) is 0. The van der Waals surface area contributed by atoms with Gasteiger partial charge in [0.1, 0.15) is 0 Å². The topological polar surface area (TPSA) is 21.7 Å². The van der Waals surface area contributed by atoms with Gasteiger partial charge in [-0.2, -0.15) is 0 Å². The van der Waals surface area contributed by atoms with Crippen LogP contribution in [-0.4, -0.2) is 37.7 Å². The van der Waals surface area contributed by atoms with Gasteiger partial charge in [0.25, 0.3) is 0 Å². The third-order valence-corrected chi connectivity index (χ3v) is 5.61. The molecule has 4 rings (SSSR count). The van der Waals surface area contributed by atoms with E-state index in [0.717, 1.165) is 17.7 Å². The summed E-state index contributed by atoms with van der Waals surface area (Å²) < 4.78 is 13.1. The molecule has 2 aliphatic rings. The second-order valence-corrected chi connectivity index (χ2v) is 8.07. The summed E-state index contributed by atoms with van der Waals surface area (Å²) in [5.41, 5.74) is 2.15. The number of piperidine rings is 1. The van der Waals surface area contributed by atoms with Crippen LogP contribution in [0.15, 0.2) is 60.7 Å². The fraction of sp³-hybridized carbons (Fsp3) is 0.478. The van der Waals surface area contributed by atoms with Crippen LogP contribution in [0.4, 0.5) is 0 Å². The van der Waals surface area contributed by atoms with Crippen LogP contribution in [0.5, 0.6) is 0 Å². The van der Waals surface area contributed by atoms with Gasteiger partial charge < -0.3 is 14.4 Å². The standard InChI is InChI=1S/C23H29NO2.ClH/c1-22(17-24-15-9-4-10-16-24)18-25-23(26-19-22,20-11-5-2-6-12-20)21-13-7-3-8-14-21;/h2-3,5-8,11-14H,4,9-10,15-19H2,1H3;1H. The molecule has 0 aromatic heterocycles. The molecule has 2 aliphatic heterocycles. The molecule has 0 bridgehead atoms. The molecule has 0 N–H and O–H groups in total. The molecule has 0 spiro atoms. The summed E-state index contributed by atoms with van der Waals surface area (Å²) >= 11 is 0. The second kappa shape index (κ2) is 8.74. The quantitative estimate of drug-likeness (QED) is 0.748. The van der Waals surface area contributed by atoms with Gasteiger partial charge >= 0.3 is 0 Å². The fourth-order valence-electron chi connectivity index (χ4n) is 4.20. The molecule has 2 aromatic rings. The van der Waals surface area contributed by atoms with E-state index in [-0.39, 0.29) is 17.8 Å². The van der Waals surface area contributed by atoms with Crippen LogP contribution in [-0.2, 0) is 15.3 Å². The first-order chi connectivity index (χ1) is 12.7. The lowest BCUT2D eigenvalue weighted by molar-refractivity contribution is -0.289. The predicted octanol–water partition coefficient (Wildman–Crippen LogP) is 4.85. The van der Waals surface area contributed by atoms with Gasteiger partial charge in [0.2, 0.25) is 5.79 Å². The highest BCUT2D eigenvalue weighted by Gasteiger charge is 2.45. The minimum absolute atomic E-state index is 0. The molecule has 27 heavy (non-hydrogen) atoms. The van der Waals surface area contributed by atoms with Crippen LogP contribution >= 0.6 is 12.4 Å². The van der Waals surface area contributed by atoms with Gasteiger partial charge in [-0.25, -0.2) is 0 Å². The van der Waals surface area contributed by atoms with Gasteiger partial charge in [-0.05, 0) is 25.9 Å². The van der Waals surface area contributed by atoms with E-state index in [1.165, 1.54) is 32.4 Å². The fourth-order valence-corrected chi connectivity index (χ4v) is 4.20. The molecule has 3 nitrogen and oxygen atoms in total. The molecule has 0 unspecified atom stereocenters.